The Balaban J connectivity index is 2.73. The standard InChI is InChI=1S/C11H16ClNO/c1-7-5-9(3-4-10(7)12)6-11(14)8(2)13/h3-5,8,11,14H,6,13H2,1-2H3/t8-,11?/m0/s1. The first-order valence-corrected chi connectivity index (χ1v) is 5.07. The molecule has 14 heavy (non-hydrogen) atoms. The van der Waals surface area contributed by atoms with E-state index < -0.39 is 6.10 Å². The van der Waals surface area contributed by atoms with Crippen molar-refractivity contribution >= 4 is 11.6 Å². The van der Waals surface area contributed by atoms with Gasteiger partial charge in [0.1, 0.15) is 0 Å². The minimum atomic E-state index is -0.490. The van der Waals surface area contributed by atoms with E-state index in [1.165, 1.54) is 0 Å². The number of nitrogens with two attached hydrogens (primary N) is 1. The maximum Gasteiger partial charge on any atom is 0.0728 e. The second-order valence-corrected chi connectivity index (χ2v) is 4.12. The van der Waals surface area contributed by atoms with E-state index in [9.17, 15) is 5.11 Å². The van der Waals surface area contributed by atoms with E-state index in [1.807, 2.05) is 25.1 Å². The number of halogens is 1. The fraction of sp³-hybridized carbons (Fsp3) is 0.455. The molecular weight excluding hydrogens is 198 g/mol. The summed E-state index contributed by atoms with van der Waals surface area (Å²) >= 11 is 5.89. The Kier molecular flexibility index (Phi) is 3.93. The van der Waals surface area contributed by atoms with Gasteiger partial charge in [0, 0.05) is 11.1 Å². The van der Waals surface area contributed by atoms with E-state index in [4.69, 9.17) is 17.3 Å². The van der Waals surface area contributed by atoms with Crippen molar-refractivity contribution in [3.05, 3.63) is 34.3 Å². The minimum absolute atomic E-state index is 0.203. The summed E-state index contributed by atoms with van der Waals surface area (Å²) in [6.45, 7) is 3.75. The quantitative estimate of drug-likeness (QED) is 0.806. The summed E-state index contributed by atoms with van der Waals surface area (Å²) in [6.07, 6.45) is 0.0888. The van der Waals surface area contributed by atoms with Crippen molar-refractivity contribution in [2.75, 3.05) is 0 Å². The molecule has 0 aliphatic carbocycles. The van der Waals surface area contributed by atoms with Crippen molar-refractivity contribution < 1.29 is 5.11 Å². The molecule has 3 N–H and O–H groups in total. The van der Waals surface area contributed by atoms with Crippen LogP contribution in [0, 0.1) is 6.92 Å². The second-order valence-electron chi connectivity index (χ2n) is 3.71. The molecule has 1 aromatic rings. The summed E-state index contributed by atoms with van der Waals surface area (Å²) in [5.74, 6) is 0. The zero-order valence-corrected chi connectivity index (χ0v) is 9.25. The van der Waals surface area contributed by atoms with Gasteiger partial charge >= 0.3 is 0 Å². The van der Waals surface area contributed by atoms with Crippen LogP contribution in [0.1, 0.15) is 18.1 Å². The molecule has 0 amide bonds. The van der Waals surface area contributed by atoms with Gasteiger partial charge in [-0.05, 0) is 37.5 Å². The van der Waals surface area contributed by atoms with Crippen LogP contribution in [-0.2, 0) is 6.42 Å². The largest absolute Gasteiger partial charge is 0.391 e. The fourth-order valence-corrected chi connectivity index (χ4v) is 1.38. The predicted octanol–water partition coefficient (Wildman–Crippen LogP) is 1.90. The average molecular weight is 214 g/mol. The smallest absolute Gasteiger partial charge is 0.0728 e. The molecule has 1 rings (SSSR count). The molecule has 0 spiro atoms. The maximum atomic E-state index is 9.58. The van der Waals surface area contributed by atoms with Crippen LogP contribution in [0.15, 0.2) is 18.2 Å². The lowest BCUT2D eigenvalue weighted by Gasteiger charge is -2.14. The Hall–Kier alpha value is -0.570. The molecule has 0 fully saturated rings. The van der Waals surface area contributed by atoms with Gasteiger partial charge in [0.05, 0.1) is 6.10 Å². The number of hydrogen-bond acceptors (Lipinski definition) is 2. The van der Waals surface area contributed by atoms with Crippen molar-refractivity contribution in [2.45, 2.75) is 32.4 Å². The van der Waals surface area contributed by atoms with Gasteiger partial charge < -0.3 is 10.8 Å². The maximum absolute atomic E-state index is 9.58. The lowest BCUT2D eigenvalue weighted by Crippen LogP contribution is -2.33. The Morgan fingerprint density at radius 1 is 1.50 bits per heavy atom. The van der Waals surface area contributed by atoms with E-state index in [-0.39, 0.29) is 6.04 Å². The second kappa shape index (κ2) is 4.78. The lowest BCUT2D eigenvalue weighted by atomic mass is 10.0. The first-order chi connectivity index (χ1) is 6.50. The van der Waals surface area contributed by atoms with Gasteiger partial charge in [-0.1, -0.05) is 23.7 Å². The first kappa shape index (κ1) is 11.5. The number of aryl methyl sites for hydroxylation is 1. The highest BCUT2D eigenvalue weighted by atomic mass is 35.5. The Bertz CT molecular complexity index is 312. The summed E-state index contributed by atoms with van der Waals surface area (Å²) in [6, 6.07) is 5.54. The highest BCUT2D eigenvalue weighted by Crippen LogP contribution is 2.17. The molecule has 3 heteroatoms. The van der Waals surface area contributed by atoms with Gasteiger partial charge in [0.15, 0.2) is 0 Å². The van der Waals surface area contributed by atoms with Crippen LogP contribution in [0.4, 0.5) is 0 Å². The Morgan fingerprint density at radius 2 is 2.14 bits per heavy atom. The summed E-state index contributed by atoms with van der Waals surface area (Å²) < 4.78 is 0. The molecule has 0 aliphatic heterocycles. The number of aliphatic hydroxyl groups excluding tert-OH is 1. The molecule has 1 aromatic carbocycles. The predicted molar refractivity (Wildman–Crippen MR) is 59.5 cm³/mol. The van der Waals surface area contributed by atoms with Crippen LogP contribution < -0.4 is 5.73 Å². The zero-order chi connectivity index (χ0) is 10.7. The van der Waals surface area contributed by atoms with Crippen molar-refractivity contribution in [1.82, 2.24) is 0 Å². The summed E-state index contributed by atoms with van der Waals surface area (Å²) in [7, 11) is 0. The third-order valence-electron chi connectivity index (χ3n) is 2.27. The van der Waals surface area contributed by atoms with Crippen molar-refractivity contribution in [3.63, 3.8) is 0 Å². The van der Waals surface area contributed by atoms with E-state index in [0.717, 1.165) is 16.1 Å². The van der Waals surface area contributed by atoms with Gasteiger partial charge in [-0.3, -0.25) is 0 Å². The van der Waals surface area contributed by atoms with E-state index in [2.05, 4.69) is 0 Å². The average Bonchev–Trinajstić information content (AvgIpc) is 2.11. The molecule has 1 unspecified atom stereocenters. The minimum Gasteiger partial charge on any atom is -0.391 e. The van der Waals surface area contributed by atoms with Gasteiger partial charge in [-0.15, -0.1) is 0 Å². The summed E-state index contributed by atoms with van der Waals surface area (Å²) in [5, 5.41) is 10.3. The van der Waals surface area contributed by atoms with E-state index >= 15 is 0 Å². The normalized spacial score (nSPS) is 15.2. The summed E-state index contributed by atoms with van der Waals surface area (Å²) in [4.78, 5) is 0. The van der Waals surface area contributed by atoms with E-state index in [1.54, 1.807) is 6.92 Å². The molecule has 0 saturated carbocycles. The molecule has 78 valence electrons. The molecule has 0 aromatic heterocycles. The van der Waals surface area contributed by atoms with Crippen LogP contribution in [-0.4, -0.2) is 17.3 Å². The number of benzene rings is 1. The summed E-state index contributed by atoms with van der Waals surface area (Å²) in [5.41, 5.74) is 7.67. The Morgan fingerprint density at radius 3 is 2.64 bits per heavy atom. The third kappa shape index (κ3) is 2.98. The number of hydrogen-bond donors (Lipinski definition) is 2. The molecule has 2 atom stereocenters. The van der Waals surface area contributed by atoms with Crippen LogP contribution in [0.5, 0.6) is 0 Å². The molecule has 2 nitrogen and oxygen atoms in total. The monoisotopic (exact) mass is 213 g/mol. The van der Waals surface area contributed by atoms with Crippen LogP contribution in [0.2, 0.25) is 5.02 Å². The molecular formula is C11H16ClNO. The van der Waals surface area contributed by atoms with Crippen LogP contribution in [0.3, 0.4) is 0 Å². The highest BCUT2D eigenvalue weighted by molar-refractivity contribution is 6.31. The van der Waals surface area contributed by atoms with Crippen molar-refractivity contribution in [3.8, 4) is 0 Å². The number of rotatable bonds is 3. The molecule has 0 saturated heterocycles. The van der Waals surface area contributed by atoms with Gasteiger partial charge in [0.25, 0.3) is 0 Å². The molecule has 0 heterocycles. The molecule has 0 radical (unpaired) electrons. The van der Waals surface area contributed by atoms with E-state index in [0.29, 0.717) is 6.42 Å². The van der Waals surface area contributed by atoms with Crippen molar-refractivity contribution in [2.24, 2.45) is 5.73 Å². The first-order valence-electron chi connectivity index (χ1n) is 4.69. The van der Waals surface area contributed by atoms with Crippen LogP contribution in [0.25, 0.3) is 0 Å². The fourth-order valence-electron chi connectivity index (χ4n) is 1.26. The third-order valence-corrected chi connectivity index (χ3v) is 2.70. The molecule has 0 aliphatic rings. The zero-order valence-electron chi connectivity index (χ0n) is 8.50. The Labute approximate surface area is 89.7 Å². The van der Waals surface area contributed by atoms with Crippen LogP contribution >= 0.6 is 11.6 Å². The van der Waals surface area contributed by atoms with Gasteiger partial charge in [0.2, 0.25) is 0 Å². The topological polar surface area (TPSA) is 46.2 Å². The van der Waals surface area contributed by atoms with Gasteiger partial charge in [-0.25, -0.2) is 0 Å². The molecule has 0 bridgehead atoms. The van der Waals surface area contributed by atoms with Crippen molar-refractivity contribution in [1.29, 1.82) is 0 Å². The number of aliphatic hydroxyl groups is 1. The lowest BCUT2D eigenvalue weighted by molar-refractivity contribution is 0.151. The van der Waals surface area contributed by atoms with Gasteiger partial charge in [-0.2, -0.15) is 0 Å². The highest BCUT2D eigenvalue weighted by Gasteiger charge is 2.10. The SMILES string of the molecule is Cc1cc(CC(O)[C@H](C)N)ccc1Cl.